The van der Waals surface area contributed by atoms with Crippen LogP contribution in [0.3, 0.4) is 0 Å². The molecule has 2 aromatic heterocycles. The van der Waals surface area contributed by atoms with Crippen LogP contribution in [0, 0.1) is 5.92 Å². The maximum atomic E-state index is 12.3. The van der Waals surface area contributed by atoms with Crippen molar-refractivity contribution in [2.24, 2.45) is 5.92 Å². The fourth-order valence-corrected chi connectivity index (χ4v) is 2.29. The number of aromatic amines is 1. The molecule has 0 saturated heterocycles. The Morgan fingerprint density at radius 1 is 1.50 bits per heavy atom. The first-order valence-electron chi connectivity index (χ1n) is 6.46. The molecule has 106 valence electrons. The highest BCUT2D eigenvalue weighted by molar-refractivity contribution is 6.32. The van der Waals surface area contributed by atoms with Gasteiger partial charge in [0, 0.05) is 6.54 Å². The van der Waals surface area contributed by atoms with Crippen LogP contribution in [0.1, 0.15) is 25.1 Å². The van der Waals surface area contributed by atoms with Gasteiger partial charge in [-0.15, -0.1) is 10.2 Å². The Morgan fingerprint density at radius 3 is 3.00 bits per heavy atom. The maximum Gasteiger partial charge on any atom is 0.291 e. The van der Waals surface area contributed by atoms with Crippen LogP contribution in [0.15, 0.2) is 11.0 Å². The van der Waals surface area contributed by atoms with Gasteiger partial charge in [0.15, 0.2) is 5.82 Å². The molecule has 1 aliphatic carbocycles. The van der Waals surface area contributed by atoms with E-state index >= 15 is 0 Å². The number of H-pyrrole nitrogens is 1. The molecule has 0 bridgehead atoms. The van der Waals surface area contributed by atoms with Gasteiger partial charge in [0.05, 0.1) is 17.8 Å². The summed E-state index contributed by atoms with van der Waals surface area (Å²) >= 11 is 6.02. The van der Waals surface area contributed by atoms with Crippen LogP contribution in [0.25, 0.3) is 0 Å². The first kappa shape index (κ1) is 13.0. The van der Waals surface area contributed by atoms with Crippen LogP contribution < -0.4 is 10.9 Å². The molecule has 0 aromatic carbocycles. The van der Waals surface area contributed by atoms with E-state index in [1.807, 2.05) is 0 Å². The van der Waals surface area contributed by atoms with Crippen molar-refractivity contribution >= 4 is 17.3 Å². The number of halogens is 1. The Labute approximate surface area is 119 Å². The van der Waals surface area contributed by atoms with Gasteiger partial charge in [-0.1, -0.05) is 23.2 Å². The third-order valence-corrected chi connectivity index (χ3v) is 3.75. The average molecular weight is 296 g/mol. The highest BCUT2D eigenvalue weighted by Crippen LogP contribution is 2.27. The van der Waals surface area contributed by atoms with E-state index in [2.05, 4.69) is 31.0 Å². The summed E-state index contributed by atoms with van der Waals surface area (Å²) in [5, 5.41) is 20.7. The van der Waals surface area contributed by atoms with Gasteiger partial charge in [0.25, 0.3) is 5.56 Å². The van der Waals surface area contributed by atoms with Crippen molar-refractivity contribution in [2.45, 2.75) is 32.4 Å². The van der Waals surface area contributed by atoms with Gasteiger partial charge in [-0.2, -0.15) is 10.3 Å². The van der Waals surface area contributed by atoms with Crippen LogP contribution in [0.2, 0.25) is 5.02 Å². The van der Waals surface area contributed by atoms with E-state index < -0.39 is 0 Å². The zero-order valence-corrected chi connectivity index (χ0v) is 11.5. The second-order valence-corrected chi connectivity index (χ2v) is 5.24. The second-order valence-electron chi connectivity index (χ2n) is 4.83. The summed E-state index contributed by atoms with van der Waals surface area (Å²) in [7, 11) is 0. The van der Waals surface area contributed by atoms with E-state index in [1.165, 1.54) is 17.3 Å². The van der Waals surface area contributed by atoms with Crippen LogP contribution >= 0.6 is 11.6 Å². The summed E-state index contributed by atoms with van der Waals surface area (Å²) in [5.74, 6) is 1.01. The summed E-state index contributed by atoms with van der Waals surface area (Å²) < 4.78 is 1.47. The third-order valence-electron chi connectivity index (χ3n) is 3.47. The fraction of sp³-hybridized carbons (Fsp3) is 0.545. The lowest BCUT2D eigenvalue weighted by Crippen LogP contribution is -2.30. The predicted octanol–water partition coefficient (Wildman–Crippen LogP) is 0.822. The van der Waals surface area contributed by atoms with E-state index in [9.17, 15) is 4.79 Å². The quantitative estimate of drug-likeness (QED) is 0.847. The predicted molar refractivity (Wildman–Crippen MR) is 72.4 cm³/mol. The lowest BCUT2D eigenvalue weighted by molar-refractivity contribution is 0.262. The second kappa shape index (κ2) is 5.58. The van der Waals surface area contributed by atoms with Gasteiger partial charge in [0.1, 0.15) is 5.69 Å². The number of nitrogens with zero attached hydrogens (tertiary/aromatic N) is 5. The summed E-state index contributed by atoms with van der Waals surface area (Å²) in [6, 6.07) is 0. The minimum Gasteiger partial charge on any atom is -0.372 e. The van der Waals surface area contributed by atoms with Crippen LogP contribution in [-0.2, 0) is 13.1 Å². The van der Waals surface area contributed by atoms with Crippen molar-refractivity contribution in [1.82, 2.24) is 30.4 Å². The van der Waals surface area contributed by atoms with Gasteiger partial charge in [-0.05, 0) is 18.8 Å². The Kier molecular flexibility index (Phi) is 3.64. The number of tetrazole rings is 1. The standard InChI is InChI=1S/C11H14ClN7O/c12-8-4-14-19(6-7-2-1-3-7)11(20)10(8)13-5-9-15-17-18-16-9/h4,7,13H,1-3,5-6H2,(H,15,16,17,18). The van der Waals surface area contributed by atoms with Crippen LogP contribution in [0.4, 0.5) is 5.69 Å². The molecule has 9 heteroatoms. The minimum atomic E-state index is -0.215. The molecular weight excluding hydrogens is 282 g/mol. The molecule has 0 atom stereocenters. The molecule has 1 aliphatic rings. The average Bonchev–Trinajstić information content (AvgIpc) is 2.89. The van der Waals surface area contributed by atoms with E-state index in [-0.39, 0.29) is 12.1 Å². The summed E-state index contributed by atoms with van der Waals surface area (Å²) in [4.78, 5) is 12.3. The Morgan fingerprint density at radius 2 is 2.35 bits per heavy atom. The fourth-order valence-electron chi connectivity index (χ4n) is 2.10. The number of hydrogen-bond acceptors (Lipinski definition) is 6. The topological polar surface area (TPSA) is 101 Å². The molecule has 2 N–H and O–H groups in total. The van der Waals surface area contributed by atoms with Crippen molar-refractivity contribution < 1.29 is 0 Å². The van der Waals surface area contributed by atoms with Crippen LogP contribution in [0.5, 0.6) is 0 Å². The first-order valence-corrected chi connectivity index (χ1v) is 6.83. The van der Waals surface area contributed by atoms with Crippen molar-refractivity contribution in [3.63, 3.8) is 0 Å². The van der Waals surface area contributed by atoms with Gasteiger partial charge >= 0.3 is 0 Å². The number of rotatable bonds is 5. The van der Waals surface area contributed by atoms with Gasteiger partial charge in [-0.3, -0.25) is 4.79 Å². The van der Waals surface area contributed by atoms with Crippen molar-refractivity contribution in [2.75, 3.05) is 5.32 Å². The highest BCUT2D eigenvalue weighted by atomic mass is 35.5. The molecule has 1 fully saturated rings. The SMILES string of the molecule is O=c1c(NCc2nn[nH]n2)c(Cl)cnn1CC1CCC1. The maximum absolute atomic E-state index is 12.3. The van der Waals surface area contributed by atoms with Crippen LogP contribution in [-0.4, -0.2) is 30.4 Å². The monoisotopic (exact) mass is 295 g/mol. The summed E-state index contributed by atoms with van der Waals surface area (Å²) in [5.41, 5.74) is 0.110. The number of anilines is 1. The van der Waals surface area contributed by atoms with Crippen molar-refractivity contribution in [3.05, 3.63) is 27.4 Å². The number of nitrogens with one attached hydrogen (secondary N) is 2. The zero-order chi connectivity index (χ0) is 13.9. The number of hydrogen-bond donors (Lipinski definition) is 2. The molecule has 8 nitrogen and oxygen atoms in total. The molecule has 3 rings (SSSR count). The van der Waals surface area contributed by atoms with Crippen molar-refractivity contribution in [1.29, 1.82) is 0 Å². The molecule has 0 radical (unpaired) electrons. The molecule has 0 aliphatic heterocycles. The molecule has 0 unspecified atom stereocenters. The van der Waals surface area contributed by atoms with E-state index in [0.29, 0.717) is 29.0 Å². The van der Waals surface area contributed by atoms with Gasteiger partial charge < -0.3 is 5.32 Å². The lowest BCUT2D eigenvalue weighted by Gasteiger charge is -2.25. The number of aromatic nitrogens is 6. The normalized spacial score (nSPS) is 15.1. The third kappa shape index (κ3) is 2.64. The Hall–Kier alpha value is -1.96. The Balaban J connectivity index is 1.77. The van der Waals surface area contributed by atoms with Gasteiger partial charge in [-0.25, -0.2) is 4.68 Å². The summed E-state index contributed by atoms with van der Waals surface area (Å²) in [6.07, 6.45) is 5.03. The van der Waals surface area contributed by atoms with E-state index in [4.69, 9.17) is 11.6 Å². The molecule has 20 heavy (non-hydrogen) atoms. The summed E-state index contributed by atoms with van der Waals surface area (Å²) in [6.45, 7) is 0.922. The van der Waals surface area contributed by atoms with E-state index in [1.54, 1.807) is 0 Å². The van der Waals surface area contributed by atoms with E-state index in [0.717, 1.165) is 12.8 Å². The molecule has 0 spiro atoms. The highest BCUT2D eigenvalue weighted by Gasteiger charge is 2.20. The smallest absolute Gasteiger partial charge is 0.291 e. The molecule has 1 saturated carbocycles. The molecule has 0 amide bonds. The van der Waals surface area contributed by atoms with Crippen molar-refractivity contribution in [3.8, 4) is 0 Å². The minimum absolute atomic E-state index is 0.215. The lowest BCUT2D eigenvalue weighted by atomic mass is 9.85. The van der Waals surface area contributed by atoms with Gasteiger partial charge in [0.2, 0.25) is 0 Å². The Bertz CT molecular complexity index is 635. The zero-order valence-electron chi connectivity index (χ0n) is 10.7. The molecule has 2 heterocycles. The first-order chi connectivity index (χ1) is 9.74. The molecule has 2 aromatic rings. The largest absolute Gasteiger partial charge is 0.372 e. The molecular formula is C11H14ClN7O.